The van der Waals surface area contributed by atoms with Crippen molar-refractivity contribution in [2.45, 2.75) is 31.2 Å². The van der Waals surface area contributed by atoms with Gasteiger partial charge in [-0.3, -0.25) is 9.59 Å². The molecule has 0 unspecified atom stereocenters. The Morgan fingerprint density at radius 2 is 2.05 bits per heavy atom. The maximum absolute atomic E-state index is 11.9. The maximum atomic E-state index is 11.9. The summed E-state index contributed by atoms with van der Waals surface area (Å²) in [6, 6.07) is 5.15. The summed E-state index contributed by atoms with van der Waals surface area (Å²) >= 11 is 11.9. The van der Waals surface area contributed by atoms with E-state index in [0.29, 0.717) is 28.5 Å². The van der Waals surface area contributed by atoms with Gasteiger partial charge in [-0.2, -0.15) is 0 Å². The average Bonchev–Trinajstić information content (AvgIpc) is 2.37. The zero-order valence-electron chi connectivity index (χ0n) is 11.2. The molecule has 0 atom stereocenters. The zero-order chi connectivity index (χ0) is 15.5. The fraction of sp³-hybridized carbons (Fsp3) is 0.333. The average molecular weight is 328 g/mol. The van der Waals surface area contributed by atoms with Crippen LogP contribution < -0.4 is 5.32 Å². The summed E-state index contributed by atoms with van der Waals surface area (Å²) in [5, 5.41) is 12.5. The largest absolute Gasteiger partial charge is 0.481 e. The predicted octanol–water partition coefficient (Wildman–Crippen LogP) is 3.52. The van der Waals surface area contributed by atoms with Crippen molar-refractivity contribution in [1.82, 2.24) is 5.32 Å². The standard InChI is InChI=1S/C15H15Cl2NO3/c16-11-4-1-3-10(14(11)17)5-6-12(19)18-15(7-2-8-15)9-13(20)21/h1,3-6H,2,7-9H2,(H,18,19)(H,20,21). The molecule has 0 radical (unpaired) electrons. The summed E-state index contributed by atoms with van der Waals surface area (Å²) < 4.78 is 0. The molecular weight excluding hydrogens is 313 g/mol. The SMILES string of the molecule is O=C(O)CC1(NC(=O)C=Cc2cccc(Cl)c2Cl)CCC1. The summed E-state index contributed by atoms with van der Waals surface area (Å²) in [5.41, 5.74) is 0.0333. The van der Waals surface area contributed by atoms with Crippen molar-refractivity contribution in [2.75, 3.05) is 0 Å². The van der Waals surface area contributed by atoms with E-state index in [0.717, 1.165) is 6.42 Å². The van der Waals surface area contributed by atoms with Crippen LogP contribution >= 0.6 is 23.2 Å². The van der Waals surface area contributed by atoms with Gasteiger partial charge in [0.25, 0.3) is 0 Å². The summed E-state index contributed by atoms with van der Waals surface area (Å²) in [4.78, 5) is 22.8. The molecule has 2 N–H and O–H groups in total. The van der Waals surface area contributed by atoms with Crippen molar-refractivity contribution < 1.29 is 14.7 Å². The van der Waals surface area contributed by atoms with Gasteiger partial charge in [-0.25, -0.2) is 0 Å². The number of rotatable bonds is 5. The molecule has 1 saturated carbocycles. The lowest BCUT2D eigenvalue weighted by molar-refractivity contribution is -0.140. The lowest BCUT2D eigenvalue weighted by Gasteiger charge is -2.41. The highest BCUT2D eigenvalue weighted by Gasteiger charge is 2.39. The van der Waals surface area contributed by atoms with Crippen LogP contribution in [0.4, 0.5) is 0 Å². The highest BCUT2D eigenvalue weighted by molar-refractivity contribution is 6.42. The van der Waals surface area contributed by atoms with Gasteiger partial charge in [0.05, 0.1) is 22.0 Å². The fourth-order valence-electron chi connectivity index (χ4n) is 2.36. The zero-order valence-corrected chi connectivity index (χ0v) is 12.7. The number of nitrogens with one attached hydrogen (secondary N) is 1. The van der Waals surface area contributed by atoms with Crippen molar-refractivity contribution in [3.63, 3.8) is 0 Å². The molecule has 4 nitrogen and oxygen atoms in total. The number of carboxylic acid groups (broad SMARTS) is 1. The summed E-state index contributed by atoms with van der Waals surface area (Å²) in [6.07, 6.45) is 5.17. The fourth-order valence-corrected chi connectivity index (χ4v) is 2.73. The molecule has 0 aromatic heterocycles. The smallest absolute Gasteiger partial charge is 0.305 e. The lowest BCUT2D eigenvalue weighted by Crippen LogP contribution is -2.54. The molecule has 0 bridgehead atoms. The number of amides is 1. The second-order valence-corrected chi connectivity index (χ2v) is 5.96. The monoisotopic (exact) mass is 327 g/mol. The maximum Gasteiger partial charge on any atom is 0.305 e. The van der Waals surface area contributed by atoms with E-state index in [-0.39, 0.29) is 12.3 Å². The molecule has 1 aromatic rings. The molecule has 1 aliphatic rings. The summed E-state index contributed by atoms with van der Waals surface area (Å²) in [6.45, 7) is 0. The number of carbonyl (C=O) groups is 2. The van der Waals surface area contributed by atoms with Crippen molar-refractivity contribution in [1.29, 1.82) is 0 Å². The van der Waals surface area contributed by atoms with Crippen molar-refractivity contribution in [2.24, 2.45) is 0 Å². The molecule has 0 aliphatic heterocycles. The molecule has 112 valence electrons. The van der Waals surface area contributed by atoms with E-state index >= 15 is 0 Å². The van der Waals surface area contributed by atoms with Crippen LogP contribution in [0, 0.1) is 0 Å². The van der Waals surface area contributed by atoms with Crippen LogP contribution in [0.3, 0.4) is 0 Å². The van der Waals surface area contributed by atoms with Gasteiger partial charge in [0, 0.05) is 6.08 Å². The number of benzene rings is 1. The second kappa shape index (κ2) is 6.50. The first-order chi connectivity index (χ1) is 9.92. The highest BCUT2D eigenvalue weighted by atomic mass is 35.5. The Morgan fingerprint density at radius 1 is 1.33 bits per heavy atom. The van der Waals surface area contributed by atoms with Gasteiger partial charge in [0.15, 0.2) is 0 Å². The Hall–Kier alpha value is -1.52. The molecule has 0 heterocycles. The van der Waals surface area contributed by atoms with Crippen LogP contribution in [-0.2, 0) is 9.59 Å². The first kappa shape index (κ1) is 15.9. The minimum absolute atomic E-state index is 0.0511. The highest BCUT2D eigenvalue weighted by Crippen LogP contribution is 2.35. The normalized spacial score (nSPS) is 16.5. The van der Waals surface area contributed by atoms with Gasteiger partial charge in [-0.1, -0.05) is 35.3 Å². The van der Waals surface area contributed by atoms with Gasteiger partial charge in [-0.15, -0.1) is 0 Å². The minimum Gasteiger partial charge on any atom is -0.481 e. The van der Waals surface area contributed by atoms with E-state index < -0.39 is 11.5 Å². The van der Waals surface area contributed by atoms with E-state index in [4.69, 9.17) is 28.3 Å². The number of aliphatic carboxylic acids is 1. The Kier molecular flexibility index (Phi) is 4.91. The molecule has 0 saturated heterocycles. The topological polar surface area (TPSA) is 66.4 Å². The number of hydrogen-bond donors (Lipinski definition) is 2. The molecule has 1 fully saturated rings. The van der Waals surface area contributed by atoms with Crippen molar-refractivity contribution in [3.05, 3.63) is 39.9 Å². The van der Waals surface area contributed by atoms with Crippen molar-refractivity contribution in [3.8, 4) is 0 Å². The molecule has 1 aromatic carbocycles. The molecule has 2 rings (SSSR count). The number of carboxylic acids is 1. The molecule has 21 heavy (non-hydrogen) atoms. The molecule has 1 amide bonds. The summed E-state index contributed by atoms with van der Waals surface area (Å²) in [5.74, 6) is -1.23. The van der Waals surface area contributed by atoms with E-state index in [1.54, 1.807) is 24.3 Å². The molecule has 1 aliphatic carbocycles. The Morgan fingerprint density at radius 3 is 2.62 bits per heavy atom. The Bertz CT molecular complexity index is 595. The third-order valence-corrected chi connectivity index (χ3v) is 4.42. The van der Waals surface area contributed by atoms with Crippen LogP contribution in [-0.4, -0.2) is 22.5 Å². The van der Waals surface area contributed by atoms with Crippen molar-refractivity contribution >= 4 is 41.2 Å². The molecule has 0 spiro atoms. The summed E-state index contributed by atoms with van der Waals surface area (Å²) in [7, 11) is 0. The lowest BCUT2D eigenvalue weighted by atomic mass is 9.74. The van der Waals surface area contributed by atoms with Crippen LogP contribution in [0.25, 0.3) is 6.08 Å². The first-order valence-corrected chi connectivity index (χ1v) is 7.33. The van der Waals surface area contributed by atoms with E-state index in [9.17, 15) is 9.59 Å². The minimum atomic E-state index is -0.906. The third-order valence-electron chi connectivity index (χ3n) is 3.58. The van der Waals surface area contributed by atoms with Gasteiger partial charge >= 0.3 is 5.97 Å². The Balaban J connectivity index is 2.02. The van der Waals surface area contributed by atoms with Gasteiger partial charge in [0.1, 0.15) is 0 Å². The van der Waals surface area contributed by atoms with Gasteiger partial charge in [0.2, 0.25) is 5.91 Å². The van der Waals surface area contributed by atoms with E-state index in [2.05, 4.69) is 5.32 Å². The molecular formula is C15H15Cl2NO3. The van der Waals surface area contributed by atoms with Gasteiger partial charge < -0.3 is 10.4 Å². The van der Waals surface area contributed by atoms with Gasteiger partial charge in [-0.05, 0) is 37.0 Å². The third kappa shape index (κ3) is 3.99. The molecule has 6 heteroatoms. The first-order valence-electron chi connectivity index (χ1n) is 6.58. The van der Waals surface area contributed by atoms with Crippen LogP contribution in [0.15, 0.2) is 24.3 Å². The predicted molar refractivity (Wildman–Crippen MR) is 82.5 cm³/mol. The second-order valence-electron chi connectivity index (χ2n) is 5.17. The number of halogens is 2. The Labute approximate surface area is 132 Å². The number of carbonyl (C=O) groups excluding carboxylic acids is 1. The number of hydrogen-bond acceptors (Lipinski definition) is 2. The van der Waals surface area contributed by atoms with E-state index in [1.165, 1.54) is 6.08 Å². The van der Waals surface area contributed by atoms with E-state index in [1.807, 2.05) is 0 Å². The quantitative estimate of drug-likeness (QED) is 0.813. The van der Waals surface area contributed by atoms with Crippen LogP contribution in [0.1, 0.15) is 31.2 Å². The van der Waals surface area contributed by atoms with Crippen LogP contribution in [0.2, 0.25) is 10.0 Å². The van der Waals surface area contributed by atoms with Crippen LogP contribution in [0.5, 0.6) is 0 Å².